The predicted octanol–water partition coefficient (Wildman–Crippen LogP) is 3.71. The molecule has 1 unspecified atom stereocenters. The number of ether oxygens (including phenoxy) is 2. The minimum atomic E-state index is -0.455. The Bertz CT molecular complexity index is 1230. The third kappa shape index (κ3) is 5.04. The minimum absolute atomic E-state index is 0.0224. The Morgan fingerprint density at radius 1 is 1.38 bits per heavy atom. The fourth-order valence-electron chi connectivity index (χ4n) is 3.86. The highest BCUT2D eigenvalue weighted by molar-refractivity contribution is 6.03. The summed E-state index contributed by atoms with van der Waals surface area (Å²) in [5.74, 6) is 1.88. The second-order valence-electron chi connectivity index (χ2n) is 7.67. The molecule has 8 nitrogen and oxygen atoms in total. The Balaban J connectivity index is 1.99. The molecular formula is C26H28N4O4. The standard InChI is InChI=1S/C26H28N4O4/c1-5-18(19-10-7-8-11-20(19)24(27)29-32)15-14-17(3)16-30-23-21(25(31)33-4)12-9-13-22(23)28-26(30)34-6-2/h1,7-11,13-15,21,32H,6,12,16H2,2-4H3,(H2,27,29)/b17-14?,18-15+. The molecule has 1 aliphatic carbocycles. The number of imidazole rings is 1. The van der Waals surface area contributed by atoms with Gasteiger partial charge in [-0.2, -0.15) is 4.98 Å². The first-order valence-corrected chi connectivity index (χ1v) is 10.8. The summed E-state index contributed by atoms with van der Waals surface area (Å²) < 4.78 is 12.7. The van der Waals surface area contributed by atoms with Crippen molar-refractivity contribution in [1.29, 1.82) is 0 Å². The van der Waals surface area contributed by atoms with Crippen molar-refractivity contribution < 1.29 is 19.5 Å². The molecule has 0 bridgehead atoms. The van der Waals surface area contributed by atoms with Gasteiger partial charge < -0.3 is 20.4 Å². The van der Waals surface area contributed by atoms with Crippen LogP contribution >= 0.6 is 0 Å². The van der Waals surface area contributed by atoms with Crippen molar-refractivity contribution in [2.75, 3.05) is 13.7 Å². The quantitative estimate of drug-likeness (QED) is 0.118. The summed E-state index contributed by atoms with van der Waals surface area (Å²) in [6.45, 7) is 4.72. The average molecular weight is 461 g/mol. The molecule has 1 heterocycles. The number of carbonyl (C=O) groups is 1. The summed E-state index contributed by atoms with van der Waals surface area (Å²) in [5.41, 5.74) is 10.0. The van der Waals surface area contributed by atoms with Gasteiger partial charge in [-0.25, -0.2) is 0 Å². The van der Waals surface area contributed by atoms with Crippen LogP contribution in [-0.2, 0) is 16.1 Å². The van der Waals surface area contributed by atoms with E-state index in [-0.39, 0.29) is 11.8 Å². The lowest BCUT2D eigenvalue weighted by Gasteiger charge is -2.20. The number of allylic oxidation sites excluding steroid dienone is 5. The van der Waals surface area contributed by atoms with Crippen molar-refractivity contribution in [3.63, 3.8) is 0 Å². The third-order valence-corrected chi connectivity index (χ3v) is 5.44. The molecule has 1 aliphatic rings. The molecule has 0 saturated carbocycles. The zero-order valence-electron chi connectivity index (χ0n) is 19.5. The minimum Gasteiger partial charge on any atom is -0.468 e. The number of carbonyl (C=O) groups excluding carboxylic acids is 1. The summed E-state index contributed by atoms with van der Waals surface area (Å²) in [7, 11) is 1.38. The monoisotopic (exact) mass is 460 g/mol. The Labute approximate surface area is 199 Å². The molecule has 1 aromatic heterocycles. The number of benzene rings is 1. The summed E-state index contributed by atoms with van der Waals surface area (Å²) >= 11 is 0. The summed E-state index contributed by atoms with van der Waals surface area (Å²) in [6.07, 6.45) is 13.8. The van der Waals surface area contributed by atoms with Gasteiger partial charge in [0.25, 0.3) is 6.01 Å². The molecule has 0 amide bonds. The molecule has 1 aromatic carbocycles. The molecule has 3 N–H and O–H groups in total. The predicted molar refractivity (Wildman–Crippen MR) is 131 cm³/mol. The van der Waals surface area contributed by atoms with Crippen LogP contribution in [0.5, 0.6) is 6.01 Å². The van der Waals surface area contributed by atoms with Gasteiger partial charge in [-0.1, -0.05) is 53.1 Å². The van der Waals surface area contributed by atoms with Gasteiger partial charge in [-0.05, 0) is 32.4 Å². The topological polar surface area (TPSA) is 112 Å². The first-order valence-electron chi connectivity index (χ1n) is 10.8. The number of terminal acetylenes is 1. The number of fused-ring (bicyclic) bond motifs is 1. The highest BCUT2D eigenvalue weighted by Crippen LogP contribution is 2.34. The lowest BCUT2D eigenvalue weighted by atomic mass is 9.94. The van der Waals surface area contributed by atoms with E-state index in [0.717, 1.165) is 11.3 Å². The van der Waals surface area contributed by atoms with Gasteiger partial charge in [0.15, 0.2) is 5.84 Å². The van der Waals surface area contributed by atoms with Crippen molar-refractivity contribution in [3.8, 4) is 18.4 Å². The lowest BCUT2D eigenvalue weighted by molar-refractivity contribution is -0.142. The second-order valence-corrected chi connectivity index (χ2v) is 7.67. The van der Waals surface area contributed by atoms with Crippen LogP contribution in [0.1, 0.15) is 48.7 Å². The van der Waals surface area contributed by atoms with E-state index in [4.69, 9.17) is 26.8 Å². The Hall–Kier alpha value is -4.25. The van der Waals surface area contributed by atoms with Crippen molar-refractivity contribution in [2.24, 2.45) is 10.9 Å². The van der Waals surface area contributed by atoms with E-state index in [1.807, 2.05) is 48.8 Å². The maximum atomic E-state index is 12.4. The van der Waals surface area contributed by atoms with Crippen molar-refractivity contribution >= 4 is 23.5 Å². The number of oxime groups is 1. The number of methoxy groups -OCH3 is 1. The van der Waals surface area contributed by atoms with Crippen molar-refractivity contribution in [3.05, 3.63) is 70.6 Å². The van der Waals surface area contributed by atoms with E-state index >= 15 is 0 Å². The molecule has 3 rings (SSSR count). The first-order chi connectivity index (χ1) is 16.4. The number of amidine groups is 1. The molecule has 0 spiro atoms. The molecular weight excluding hydrogens is 432 g/mol. The fourth-order valence-corrected chi connectivity index (χ4v) is 3.86. The van der Waals surface area contributed by atoms with Crippen LogP contribution in [0.2, 0.25) is 0 Å². The van der Waals surface area contributed by atoms with E-state index < -0.39 is 5.92 Å². The van der Waals surface area contributed by atoms with Crippen molar-refractivity contribution in [2.45, 2.75) is 32.7 Å². The number of esters is 1. The van der Waals surface area contributed by atoms with Crippen LogP contribution in [0, 0.1) is 12.3 Å². The van der Waals surface area contributed by atoms with Crippen LogP contribution in [0.4, 0.5) is 0 Å². The van der Waals surface area contributed by atoms with Gasteiger partial charge in [-0.3, -0.25) is 9.36 Å². The number of nitrogens with zero attached hydrogens (tertiary/aromatic N) is 3. The Morgan fingerprint density at radius 3 is 2.76 bits per heavy atom. The van der Waals surface area contributed by atoms with Gasteiger partial charge in [0, 0.05) is 23.2 Å². The normalized spacial score (nSPS) is 16.1. The van der Waals surface area contributed by atoms with Crippen LogP contribution < -0.4 is 10.5 Å². The summed E-state index contributed by atoms with van der Waals surface area (Å²) in [4.78, 5) is 17.0. The second kappa shape index (κ2) is 11.1. The highest BCUT2D eigenvalue weighted by Gasteiger charge is 2.31. The molecule has 0 saturated heterocycles. The van der Waals surface area contributed by atoms with Gasteiger partial charge in [0.05, 0.1) is 25.1 Å². The van der Waals surface area contributed by atoms with E-state index in [9.17, 15) is 4.79 Å². The molecule has 0 radical (unpaired) electrons. The molecule has 0 aliphatic heterocycles. The molecule has 1 atom stereocenters. The lowest BCUT2D eigenvalue weighted by Crippen LogP contribution is -2.20. The first kappa shape index (κ1) is 24.4. The highest BCUT2D eigenvalue weighted by atomic mass is 16.5. The van der Waals surface area contributed by atoms with E-state index in [1.54, 1.807) is 18.2 Å². The molecule has 8 heteroatoms. The molecule has 0 fully saturated rings. The van der Waals surface area contributed by atoms with Crippen LogP contribution in [0.15, 0.2) is 53.2 Å². The number of hydrogen-bond acceptors (Lipinski definition) is 6. The zero-order chi connectivity index (χ0) is 24.7. The number of nitrogens with two attached hydrogens (primary N) is 1. The van der Waals surface area contributed by atoms with Gasteiger partial charge >= 0.3 is 5.97 Å². The molecule has 176 valence electrons. The average Bonchev–Trinajstić information content (AvgIpc) is 3.20. The Kier molecular flexibility index (Phi) is 7.93. The number of aromatic nitrogens is 2. The van der Waals surface area contributed by atoms with E-state index in [0.29, 0.717) is 48.0 Å². The smallest absolute Gasteiger partial charge is 0.315 e. The third-order valence-electron chi connectivity index (χ3n) is 5.44. The van der Waals surface area contributed by atoms with Crippen LogP contribution in [0.25, 0.3) is 11.6 Å². The van der Waals surface area contributed by atoms with E-state index in [1.165, 1.54) is 7.11 Å². The largest absolute Gasteiger partial charge is 0.468 e. The van der Waals surface area contributed by atoms with Crippen LogP contribution in [-0.4, -0.2) is 40.3 Å². The molecule has 34 heavy (non-hydrogen) atoms. The number of rotatable bonds is 8. The maximum absolute atomic E-state index is 12.4. The van der Waals surface area contributed by atoms with Gasteiger partial charge in [0.2, 0.25) is 0 Å². The van der Waals surface area contributed by atoms with Gasteiger partial charge in [-0.15, -0.1) is 6.42 Å². The van der Waals surface area contributed by atoms with E-state index in [2.05, 4.69) is 16.1 Å². The van der Waals surface area contributed by atoms with Gasteiger partial charge in [0.1, 0.15) is 5.92 Å². The van der Waals surface area contributed by atoms with Crippen LogP contribution in [0.3, 0.4) is 0 Å². The van der Waals surface area contributed by atoms with Crippen molar-refractivity contribution in [1.82, 2.24) is 9.55 Å². The summed E-state index contributed by atoms with van der Waals surface area (Å²) in [6, 6.07) is 7.61. The molecule has 2 aromatic rings. The Morgan fingerprint density at radius 2 is 2.12 bits per heavy atom. The number of hydrogen-bond donors (Lipinski definition) is 2. The maximum Gasteiger partial charge on any atom is 0.315 e. The zero-order valence-corrected chi connectivity index (χ0v) is 19.5. The summed E-state index contributed by atoms with van der Waals surface area (Å²) in [5, 5.41) is 12.2. The fraction of sp³-hybridized carbons (Fsp3) is 0.269. The SMILES string of the molecule is C#C/C(=C\C=C(C)Cn1c(OCC)nc2c1C(C(=O)OC)CC=C2)c1ccccc1C(N)=NO.